The van der Waals surface area contributed by atoms with Crippen LogP contribution >= 0.6 is 27.3 Å². The number of thiazole rings is 1. The molecule has 0 aliphatic rings. The van der Waals surface area contributed by atoms with Crippen LogP contribution in [0.25, 0.3) is 10.2 Å². The fourth-order valence-corrected chi connectivity index (χ4v) is 3.79. The standard InChI is InChI=1S/C17H17BrN2S/c1-11(13-6-5-7-14(18)10-13)19-12(2)17-20-15-8-3-4-9-16(15)21-17/h3-12,19H,1-2H3/t11-,12?/m0/s1. The number of rotatable bonds is 4. The number of halogens is 1. The van der Waals surface area contributed by atoms with E-state index < -0.39 is 0 Å². The summed E-state index contributed by atoms with van der Waals surface area (Å²) in [7, 11) is 0. The lowest BCUT2D eigenvalue weighted by molar-refractivity contribution is 0.493. The second-order valence-corrected chi connectivity index (χ2v) is 7.16. The molecule has 1 N–H and O–H groups in total. The largest absolute Gasteiger partial charge is 0.302 e. The van der Waals surface area contributed by atoms with Gasteiger partial charge in [0.1, 0.15) is 5.01 Å². The van der Waals surface area contributed by atoms with Gasteiger partial charge in [-0.2, -0.15) is 0 Å². The average Bonchev–Trinajstić information content (AvgIpc) is 2.91. The van der Waals surface area contributed by atoms with Crippen LogP contribution in [0.15, 0.2) is 53.0 Å². The molecule has 0 amide bonds. The molecule has 3 aromatic rings. The number of benzene rings is 2. The maximum absolute atomic E-state index is 4.72. The zero-order valence-electron chi connectivity index (χ0n) is 12.0. The first-order valence-corrected chi connectivity index (χ1v) is 8.61. The van der Waals surface area contributed by atoms with E-state index in [9.17, 15) is 0 Å². The molecule has 0 saturated carbocycles. The molecule has 108 valence electrons. The molecule has 2 nitrogen and oxygen atoms in total. The van der Waals surface area contributed by atoms with E-state index in [0.29, 0.717) is 0 Å². The van der Waals surface area contributed by atoms with Gasteiger partial charge in [-0.1, -0.05) is 40.2 Å². The molecular weight excluding hydrogens is 344 g/mol. The maximum atomic E-state index is 4.72. The number of hydrogen-bond donors (Lipinski definition) is 1. The summed E-state index contributed by atoms with van der Waals surface area (Å²) in [5, 5.41) is 4.76. The molecule has 0 aliphatic carbocycles. The van der Waals surface area contributed by atoms with Crippen LogP contribution in [0, 0.1) is 0 Å². The van der Waals surface area contributed by atoms with E-state index in [4.69, 9.17) is 4.98 Å². The van der Waals surface area contributed by atoms with Crippen LogP contribution in [-0.2, 0) is 0 Å². The number of para-hydroxylation sites is 1. The van der Waals surface area contributed by atoms with Gasteiger partial charge in [0.25, 0.3) is 0 Å². The molecule has 0 radical (unpaired) electrons. The third-order valence-electron chi connectivity index (χ3n) is 3.53. The highest BCUT2D eigenvalue weighted by Gasteiger charge is 2.15. The van der Waals surface area contributed by atoms with E-state index in [1.54, 1.807) is 11.3 Å². The van der Waals surface area contributed by atoms with E-state index in [1.807, 2.05) is 12.1 Å². The normalized spacial score (nSPS) is 14.2. The average molecular weight is 361 g/mol. The quantitative estimate of drug-likeness (QED) is 0.666. The summed E-state index contributed by atoms with van der Waals surface area (Å²) >= 11 is 5.29. The van der Waals surface area contributed by atoms with Gasteiger partial charge in [-0.3, -0.25) is 0 Å². The van der Waals surface area contributed by atoms with E-state index in [2.05, 4.69) is 71.5 Å². The molecule has 0 aliphatic heterocycles. The predicted octanol–water partition coefficient (Wildman–Crippen LogP) is 5.47. The molecule has 1 unspecified atom stereocenters. The zero-order valence-corrected chi connectivity index (χ0v) is 14.4. The number of hydrogen-bond acceptors (Lipinski definition) is 3. The van der Waals surface area contributed by atoms with Crippen LogP contribution in [0.2, 0.25) is 0 Å². The molecule has 2 atom stereocenters. The van der Waals surface area contributed by atoms with Gasteiger partial charge in [0.15, 0.2) is 0 Å². The number of nitrogens with zero attached hydrogens (tertiary/aromatic N) is 1. The van der Waals surface area contributed by atoms with Crippen LogP contribution in [0.5, 0.6) is 0 Å². The summed E-state index contributed by atoms with van der Waals surface area (Å²) in [6.45, 7) is 4.36. The van der Waals surface area contributed by atoms with Crippen molar-refractivity contribution in [1.82, 2.24) is 10.3 Å². The Hall–Kier alpha value is -1.23. The number of fused-ring (bicyclic) bond motifs is 1. The summed E-state index contributed by atoms with van der Waals surface area (Å²) in [6, 6.07) is 17.2. The van der Waals surface area contributed by atoms with Gasteiger partial charge < -0.3 is 5.32 Å². The minimum absolute atomic E-state index is 0.233. The first-order chi connectivity index (χ1) is 10.1. The minimum Gasteiger partial charge on any atom is -0.302 e. The molecule has 0 fully saturated rings. The third kappa shape index (κ3) is 3.34. The second kappa shape index (κ2) is 6.26. The van der Waals surface area contributed by atoms with Crippen molar-refractivity contribution in [2.24, 2.45) is 0 Å². The molecule has 1 aromatic heterocycles. The summed E-state index contributed by atoms with van der Waals surface area (Å²) in [5.41, 5.74) is 2.36. The SMILES string of the molecule is CC(N[C@@H](C)c1cccc(Br)c1)c1nc2ccccc2s1. The van der Waals surface area contributed by atoms with E-state index in [-0.39, 0.29) is 12.1 Å². The zero-order chi connectivity index (χ0) is 14.8. The highest BCUT2D eigenvalue weighted by atomic mass is 79.9. The Morgan fingerprint density at radius 3 is 2.62 bits per heavy atom. The Kier molecular flexibility index (Phi) is 4.38. The van der Waals surface area contributed by atoms with Gasteiger partial charge in [-0.15, -0.1) is 11.3 Å². The lowest BCUT2D eigenvalue weighted by atomic mass is 10.1. The number of nitrogens with one attached hydrogen (secondary N) is 1. The van der Waals surface area contributed by atoms with Crippen molar-refractivity contribution >= 4 is 37.5 Å². The van der Waals surface area contributed by atoms with Crippen molar-refractivity contribution in [3.8, 4) is 0 Å². The summed E-state index contributed by atoms with van der Waals surface area (Å²) < 4.78 is 2.36. The lowest BCUT2D eigenvalue weighted by Crippen LogP contribution is -2.22. The Morgan fingerprint density at radius 2 is 1.86 bits per heavy atom. The molecule has 2 aromatic carbocycles. The highest BCUT2D eigenvalue weighted by Crippen LogP contribution is 2.28. The molecule has 4 heteroatoms. The van der Waals surface area contributed by atoms with Gasteiger partial charge in [-0.05, 0) is 43.7 Å². The Morgan fingerprint density at radius 1 is 1.05 bits per heavy atom. The van der Waals surface area contributed by atoms with Crippen LogP contribution in [0.3, 0.4) is 0 Å². The van der Waals surface area contributed by atoms with E-state index in [1.165, 1.54) is 10.3 Å². The van der Waals surface area contributed by atoms with Crippen molar-refractivity contribution in [3.63, 3.8) is 0 Å². The fourth-order valence-electron chi connectivity index (χ4n) is 2.39. The fraction of sp³-hybridized carbons (Fsp3) is 0.235. The Labute approximate surface area is 137 Å². The maximum Gasteiger partial charge on any atom is 0.111 e. The molecule has 21 heavy (non-hydrogen) atoms. The van der Waals surface area contributed by atoms with Crippen LogP contribution < -0.4 is 5.32 Å². The molecule has 0 saturated heterocycles. The van der Waals surface area contributed by atoms with Gasteiger partial charge in [0, 0.05) is 10.5 Å². The van der Waals surface area contributed by atoms with Crippen molar-refractivity contribution in [3.05, 3.63) is 63.6 Å². The highest BCUT2D eigenvalue weighted by molar-refractivity contribution is 9.10. The molecule has 0 bridgehead atoms. The first-order valence-electron chi connectivity index (χ1n) is 7.00. The molecule has 1 heterocycles. The van der Waals surface area contributed by atoms with Gasteiger partial charge in [-0.25, -0.2) is 4.98 Å². The van der Waals surface area contributed by atoms with Crippen LogP contribution in [0.4, 0.5) is 0 Å². The monoisotopic (exact) mass is 360 g/mol. The van der Waals surface area contributed by atoms with Crippen LogP contribution in [0.1, 0.15) is 36.5 Å². The third-order valence-corrected chi connectivity index (χ3v) is 5.24. The van der Waals surface area contributed by atoms with Crippen molar-refractivity contribution < 1.29 is 0 Å². The van der Waals surface area contributed by atoms with E-state index >= 15 is 0 Å². The lowest BCUT2D eigenvalue weighted by Gasteiger charge is -2.19. The molecular formula is C17H17BrN2S. The second-order valence-electron chi connectivity index (χ2n) is 5.18. The Balaban J connectivity index is 1.77. The van der Waals surface area contributed by atoms with E-state index in [0.717, 1.165) is 15.0 Å². The topological polar surface area (TPSA) is 24.9 Å². The van der Waals surface area contributed by atoms with Gasteiger partial charge >= 0.3 is 0 Å². The minimum atomic E-state index is 0.233. The van der Waals surface area contributed by atoms with Gasteiger partial charge in [0.2, 0.25) is 0 Å². The van der Waals surface area contributed by atoms with Crippen LogP contribution in [-0.4, -0.2) is 4.98 Å². The number of aromatic nitrogens is 1. The van der Waals surface area contributed by atoms with Crippen molar-refractivity contribution in [2.45, 2.75) is 25.9 Å². The Bertz CT molecular complexity index is 720. The molecule has 3 rings (SSSR count). The van der Waals surface area contributed by atoms with Crippen molar-refractivity contribution in [2.75, 3.05) is 0 Å². The smallest absolute Gasteiger partial charge is 0.111 e. The van der Waals surface area contributed by atoms with Crippen molar-refractivity contribution in [1.29, 1.82) is 0 Å². The summed E-state index contributed by atoms with van der Waals surface area (Å²) in [4.78, 5) is 4.72. The predicted molar refractivity (Wildman–Crippen MR) is 93.7 cm³/mol. The van der Waals surface area contributed by atoms with Gasteiger partial charge in [0.05, 0.1) is 16.3 Å². The molecule has 0 spiro atoms. The summed E-state index contributed by atoms with van der Waals surface area (Å²) in [5.74, 6) is 0. The first kappa shape index (κ1) is 14.7. The summed E-state index contributed by atoms with van der Waals surface area (Å²) in [6.07, 6.45) is 0.